The van der Waals surface area contributed by atoms with Crippen molar-refractivity contribution in [2.75, 3.05) is 39.6 Å². The van der Waals surface area contributed by atoms with Crippen molar-refractivity contribution in [1.82, 2.24) is 0 Å². The van der Waals surface area contributed by atoms with Crippen LogP contribution in [-0.2, 0) is 65.4 Å². The Morgan fingerprint density at radius 1 is 0.345 bits per heavy atom. The van der Waals surface area contributed by atoms with Crippen molar-refractivity contribution < 1.29 is 80.2 Å². The zero-order valence-electron chi connectivity index (χ0n) is 54.2. The summed E-state index contributed by atoms with van der Waals surface area (Å²) < 4.78 is 68.0. The Balaban J connectivity index is 5.21. The van der Waals surface area contributed by atoms with Crippen molar-refractivity contribution in [3.63, 3.8) is 0 Å². The van der Waals surface area contributed by atoms with Crippen molar-refractivity contribution in [3.8, 4) is 0 Å². The number of aliphatic hydroxyl groups is 1. The molecular weight excluding hydrogens is 1110 g/mol. The maximum Gasteiger partial charge on any atom is 0.472 e. The Morgan fingerprint density at radius 2 is 0.607 bits per heavy atom. The molecule has 0 bridgehead atoms. The second-order valence-corrected chi connectivity index (χ2v) is 27.1. The molecule has 0 aliphatic carbocycles. The number of phosphoric ester groups is 2. The second-order valence-electron chi connectivity index (χ2n) is 24.2. The van der Waals surface area contributed by atoms with E-state index in [0.29, 0.717) is 31.6 Å². The summed E-state index contributed by atoms with van der Waals surface area (Å²) in [5.74, 6) is -0.712. The molecule has 0 aromatic rings. The van der Waals surface area contributed by atoms with Crippen LogP contribution in [0, 0.1) is 11.8 Å². The lowest BCUT2D eigenvalue weighted by Crippen LogP contribution is -2.30. The van der Waals surface area contributed by atoms with Crippen molar-refractivity contribution in [2.24, 2.45) is 11.8 Å². The highest BCUT2D eigenvalue weighted by Crippen LogP contribution is 2.45. The van der Waals surface area contributed by atoms with Gasteiger partial charge in [-0.2, -0.15) is 0 Å². The Hall–Kier alpha value is -1.94. The number of unbranched alkanes of at least 4 members (excludes halogenated alkanes) is 33. The number of aliphatic hydroxyl groups excluding tert-OH is 1. The maximum absolute atomic E-state index is 13.0. The number of ether oxygens (including phenoxy) is 4. The summed E-state index contributed by atoms with van der Waals surface area (Å²) in [6.07, 6.45) is 40.5. The van der Waals surface area contributed by atoms with Crippen LogP contribution in [0.5, 0.6) is 0 Å². The van der Waals surface area contributed by atoms with Gasteiger partial charge in [-0.1, -0.05) is 273 Å². The quantitative estimate of drug-likeness (QED) is 0.0222. The molecule has 0 aromatic heterocycles. The van der Waals surface area contributed by atoms with E-state index in [9.17, 15) is 43.2 Å². The second kappa shape index (κ2) is 57.5. The number of hydrogen-bond donors (Lipinski definition) is 3. The van der Waals surface area contributed by atoms with Gasteiger partial charge in [0.15, 0.2) is 12.2 Å². The Morgan fingerprint density at radius 3 is 0.905 bits per heavy atom. The lowest BCUT2D eigenvalue weighted by atomic mass is 10.00. The van der Waals surface area contributed by atoms with Crippen molar-refractivity contribution in [1.29, 1.82) is 0 Å². The number of esters is 4. The van der Waals surface area contributed by atoms with Crippen molar-refractivity contribution >= 4 is 39.5 Å². The average Bonchev–Trinajstić information content (AvgIpc) is 3.47. The van der Waals surface area contributed by atoms with Gasteiger partial charge >= 0.3 is 39.5 Å². The fourth-order valence-electron chi connectivity index (χ4n) is 9.68. The van der Waals surface area contributed by atoms with E-state index in [1.165, 1.54) is 128 Å². The molecule has 19 heteroatoms. The summed E-state index contributed by atoms with van der Waals surface area (Å²) in [5.41, 5.74) is 0. The van der Waals surface area contributed by atoms with Gasteiger partial charge < -0.3 is 33.8 Å². The smallest absolute Gasteiger partial charge is 0.462 e. The highest BCUT2D eigenvalue weighted by Gasteiger charge is 2.30. The van der Waals surface area contributed by atoms with Crippen LogP contribution in [0.25, 0.3) is 0 Å². The van der Waals surface area contributed by atoms with Crippen LogP contribution in [0.4, 0.5) is 0 Å². The summed E-state index contributed by atoms with van der Waals surface area (Å²) in [7, 11) is -9.89. The molecule has 3 N–H and O–H groups in total. The maximum atomic E-state index is 13.0. The molecule has 0 amide bonds. The largest absolute Gasteiger partial charge is 0.472 e. The number of rotatable bonds is 64. The first-order chi connectivity index (χ1) is 40.4. The molecule has 0 spiro atoms. The Labute approximate surface area is 511 Å². The standard InChI is InChI=1S/C65H126O17P2/c1-7-10-12-14-16-18-19-20-21-22-23-24-25-29-37-43-49-64(69)81-60(53-76-63(68)48-42-36-30-26-27-33-39-45-57(4)5)55-79-83(71,72)77-51-59(66)52-78-84(73,74)80-56-61(54-75-62(67)47-41-35-28-17-15-13-11-8-2)82-65(70)50-44-38-32-31-34-40-46-58(6)9-3/h57-61,66H,7-56H2,1-6H3,(H,71,72)(H,73,74)/t58?,59-,60-,61-/m1/s1. The van der Waals surface area contributed by atoms with Crippen LogP contribution in [-0.4, -0.2) is 96.7 Å². The van der Waals surface area contributed by atoms with Gasteiger partial charge in [0.2, 0.25) is 0 Å². The van der Waals surface area contributed by atoms with E-state index in [0.717, 1.165) is 109 Å². The van der Waals surface area contributed by atoms with Crippen LogP contribution < -0.4 is 0 Å². The van der Waals surface area contributed by atoms with Gasteiger partial charge in [-0.25, -0.2) is 9.13 Å². The molecule has 0 saturated carbocycles. The molecular formula is C65H126O17P2. The van der Waals surface area contributed by atoms with Crippen LogP contribution in [0.15, 0.2) is 0 Å². The van der Waals surface area contributed by atoms with E-state index in [1.807, 2.05) is 0 Å². The lowest BCUT2D eigenvalue weighted by Gasteiger charge is -2.21. The van der Waals surface area contributed by atoms with E-state index in [4.69, 9.17) is 37.0 Å². The van der Waals surface area contributed by atoms with Gasteiger partial charge in [0.05, 0.1) is 26.4 Å². The summed E-state index contributed by atoms with van der Waals surface area (Å²) in [6.45, 7) is 9.38. The highest BCUT2D eigenvalue weighted by molar-refractivity contribution is 7.47. The first-order valence-electron chi connectivity index (χ1n) is 34.0. The fraction of sp³-hybridized carbons (Fsp3) is 0.938. The molecule has 0 radical (unpaired) electrons. The van der Waals surface area contributed by atoms with Crippen molar-refractivity contribution in [3.05, 3.63) is 0 Å². The molecule has 0 aromatic carbocycles. The summed E-state index contributed by atoms with van der Waals surface area (Å²) in [5, 5.41) is 10.5. The number of phosphoric acid groups is 2. The Kier molecular flexibility index (Phi) is 56.2. The minimum absolute atomic E-state index is 0.103. The minimum atomic E-state index is -4.95. The first kappa shape index (κ1) is 82.1. The van der Waals surface area contributed by atoms with Crippen LogP contribution in [0.1, 0.15) is 324 Å². The zero-order chi connectivity index (χ0) is 62.2. The van der Waals surface area contributed by atoms with E-state index in [-0.39, 0.29) is 25.7 Å². The highest BCUT2D eigenvalue weighted by atomic mass is 31.2. The molecule has 3 unspecified atom stereocenters. The van der Waals surface area contributed by atoms with E-state index >= 15 is 0 Å². The molecule has 6 atom stereocenters. The van der Waals surface area contributed by atoms with E-state index in [2.05, 4.69) is 41.5 Å². The zero-order valence-corrected chi connectivity index (χ0v) is 56.0. The molecule has 498 valence electrons. The first-order valence-corrected chi connectivity index (χ1v) is 37.0. The molecule has 0 rings (SSSR count). The van der Waals surface area contributed by atoms with Gasteiger partial charge in [0.25, 0.3) is 0 Å². The molecule has 0 aliphatic rings. The summed E-state index contributed by atoms with van der Waals surface area (Å²) >= 11 is 0. The minimum Gasteiger partial charge on any atom is -0.462 e. The van der Waals surface area contributed by atoms with Gasteiger partial charge in [-0.05, 0) is 37.5 Å². The summed E-state index contributed by atoms with van der Waals surface area (Å²) in [4.78, 5) is 72.2. The molecule has 84 heavy (non-hydrogen) atoms. The third kappa shape index (κ3) is 57.8. The topological polar surface area (TPSA) is 237 Å². The molecule has 17 nitrogen and oxygen atoms in total. The van der Waals surface area contributed by atoms with Gasteiger partial charge in [-0.3, -0.25) is 37.3 Å². The summed E-state index contributed by atoms with van der Waals surface area (Å²) in [6, 6.07) is 0. The normalized spacial score (nSPS) is 14.6. The lowest BCUT2D eigenvalue weighted by molar-refractivity contribution is -0.161. The van der Waals surface area contributed by atoms with Crippen LogP contribution in [0.2, 0.25) is 0 Å². The van der Waals surface area contributed by atoms with E-state index < -0.39 is 97.5 Å². The van der Waals surface area contributed by atoms with Gasteiger partial charge in [0.1, 0.15) is 19.3 Å². The molecule has 0 heterocycles. The molecule has 0 aliphatic heterocycles. The van der Waals surface area contributed by atoms with Crippen LogP contribution in [0.3, 0.4) is 0 Å². The SMILES string of the molecule is CCCCCCCCCCCCCCCCCCC(=O)O[C@H](COC(=O)CCCCCCCCCC(C)C)COP(=O)(O)OC[C@@H](O)COP(=O)(O)OC[C@@H](COC(=O)CCCCCCCCCC)OC(=O)CCCCCCCCC(C)CC. The molecule has 0 saturated heterocycles. The van der Waals surface area contributed by atoms with Crippen molar-refractivity contribution in [2.45, 2.75) is 342 Å². The third-order valence-electron chi connectivity index (χ3n) is 15.3. The van der Waals surface area contributed by atoms with Gasteiger partial charge in [0, 0.05) is 25.7 Å². The van der Waals surface area contributed by atoms with Crippen LogP contribution >= 0.6 is 15.6 Å². The van der Waals surface area contributed by atoms with Gasteiger partial charge in [-0.15, -0.1) is 0 Å². The predicted molar refractivity (Wildman–Crippen MR) is 335 cm³/mol. The monoisotopic (exact) mass is 1240 g/mol. The molecule has 0 fully saturated rings. The fourth-order valence-corrected chi connectivity index (χ4v) is 11.3. The Bertz CT molecular complexity index is 1650. The number of hydrogen-bond acceptors (Lipinski definition) is 15. The average molecular weight is 1240 g/mol. The number of carbonyl (C=O) groups excluding carboxylic acids is 4. The predicted octanol–water partition coefficient (Wildman–Crippen LogP) is 18.0. The number of carbonyl (C=O) groups is 4. The van der Waals surface area contributed by atoms with E-state index in [1.54, 1.807) is 0 Å². The third-order valence-corrected chi connectivity index (χ3v) is 17.2.